The third kappa shape index (κ3) is 4.11. The van der Waals surface area contributed by atoms with Gasteiger partial charge in [-0.25, -0.2) is 0 Å². The van der Waals surface area contributed by atoms with Gasteiger partial charge >= 0.3 is 0 Å². The Balaban J connectivity index is 2.11. The van der Waals surface area contributed by atoms with Gasteiger partial charge in [0, 0.05) is 10.0 Å². The van der Waals surface area contributed by atoms with Crippen molar-refractivity contribution < 1.29 is 0 Å². The highest BCUT2D eigenvalue weighted by molar-refractivity contribution is 6.33. The molecule has 2 atom stereocenters. The highest BCUT2D eigenvalue weighted by Gasteiger charge is 2.27. The molecule has 0 aliphatic heterocycles. The molecule has 0 radical (unpaired) electrons. The van der Waals surface area contributed by atoms with Crippen molar-refractivity contribution in [2.45, 2.75) is 44.9 Å². The number of hydrogen-bond donors (Lipinski definition) is 1. The molecule has 106 valence electrons. The van der Waals surface area contributed by atoms with Crippen LogP contribution in [0.15, 0.2) is 18.2 Å². The van der Waals surface area contributed by atoms with Crippen LogP contribution in [0.25, 0.3) is 0 Å². The second kappa shape index (κ2) is 7.52. The first-order chi connectivity index (χ1) is 9.22. The van der Waals surface area contributed by atoms with Gasteiger partial charge in [0.25, 0.3) is 0 Å². The van der Waals surface area contributed by atoms with Gasteiger partial charge < -0.3 is 5.32 Å². The standard InChI is InChI=1S/C16H23Cl2N/c1-2-9-19-11-12-5-3-4-6-14(12)15-10-13(17)7-8-16(15)18/h7-8,10,12,14,19H,2-6,9,11H2,1H3. The van der Waals surface area contributed by atoms with Crippen LogP contribution in [0.4, 0.5) is 0 Å². The van der Waals surface area contributed by atoms with E-state index in [1.165, 1.54) is 37.7 Å². The Kier molecular flexibility index (Phi) is 6.00. The fourth-order valence-electron chi connectivity index (χ4n) is 3.12. The summed E-state index contributed by atoms with van der Waals surface area (Å²) in [6, 6.07) is 5.87. The van der Waals surface area contributed by atoms with E-state index >= 15 is 0 Å². The van der Waals surface area contributed by atoms with Crippen molar-refractivity contribution in [1.82, 2.24) is 5.32 Å². The van der Waals surface area contributed by atoms with Crippen molar-refractivity contribution in [2.75, 3.05) is 13.1 Å². The SMILES string of the molecule is CCCNCC1CCCCC1c1cc(Cl)ccc1Cl. The van der Waals surface area contributed by atoms with E-state index in [2.05, 4.69) is 18.3 Å². The third-order valence-corrected chi connectivity index (χ3v) is 4.68. The highest BCUT2D eigenvalue weighted by Crippen LogP contribution is 2.41. The number of halogens is 2. The van der Waals surface area contributed by atoms with E-state index in [1.807, 2.05) is 12.1 Å². The van der Waals surface area contributed by atoms with Crippen molar-refractivity contribution in [2.24, 2.45) is 5.92 Å². The number of rotatable bonds is 5. The minimum absolute atomic E-state index is 0.560. The van der Waals surface area contributed by atoms with E-state index in [4.69, 9.17) is 23.2 Å². The van der Waals surface area contributed by atoms with Gasteiger partial charge in [-0.1, -0.05) is 43.0 Å². The summed E-state index contributed by atoms with van der Waals surface area (Å²) in [6.07, 6.45) is 6.36. The molecule has 1 aromatic rings. The molecule has 1 aliphatic rings. The molecule has 2 rings (SSSR count). The first kappa shape index (κ1) is 15.2. The van der Waals surface area contributed by atoms with Gasteiger partial charge in [-0.3, -0.25) is 0 Å². The summed E-state index contributed by atoms with van der Waals surface area (Å²) in [5, 5.41) is 5.23. The van der Waals surface area contributed by atoms with Crippen LogP contribution in [0.5, 0.6) is 0 Å². The summed E-state index contributed by atoms with van der Waals surface area (Å²) in [4.78, 5) is 0. The fraction of sp³-hybridized carbons (Fsp3) is 0.625. The van der Waals surface area contributed by atoms with Crippen LogP contribution >= 0.6 is 23.2 Å². The lowest BCUT2D eigenvalue weighted by Gasteiger charge is -2.33. The number of hydrogen-bond acceptors (Lipinski definition) is 1. The second-order valence-corrected chi connectivity index (χ2v) is 6.36. The molecule has 1 aromatic carbocycles. The molecular formula is C16H23Cl2N. The average Bonchev–Trinajstić information content (AvgIpc) is 2.42. The summed E-state index contributed by atoms with van der Waals surface area (Å²) >= 11 is 12.5. The Morgan fingerprint density at radius 2 is 2.00 bits per heavy atom. The molecule has 19 heavy (non-hydrogen) atoms. The molecule has 2 unspecified atom stereocenters. The fourth-order valence-corrected chi connectivity index (χ4v) is 3.56. The zero-order valence-electron chi connectivity index (χ0n) is 11.6. The van der Waals surface area contributed by atoms with Crippen LogP contribution < -0.4 is 5.32 Å². The monoisotopic (exact) mass is 299 g/mol. The lowest BCUT2D eigenvalue weighted by Crippen LogP contribution is -2.30. The minimum Gasteiger partial charge on any atom is -0.316 e. The molecule has 1 nitrogen and oxygen atoms in total. The summed E-state index contributed by atoms with van der Waals surface area (Å²) in [7, 11) is 0. The Morgan fingerprint density at radius 1 is 1.21 bits per heavy atom. The summed E-state index contributed by atoms with van der Waals surface area (Å²) in [5.41, 5.74) is 1.25. The molecule has 0 saturated heterocycles. The molecule has 0 aromatic heterocycles. The smallest absolute Gasteiger partial charge is 0.0441 e. The molecular weight excluding hydrogens is 277 g/mol. The normalized spacial score (nSPS) is 23.5. The topological polar surface area (TPSA) is 12.0 Å². The quantitative estimate of drug-likeness (QED) is 0.731. The molecule has 0 spiro atoms. The Labute approximate surface area is 126 Å². The van der Waals surface area contributed by atoms with Gasteiger partial charge in [-0.2, -0.15) is 0 Å². The van der Waals surface area contributed by atoms with Gasteiger partial charge in [-0.05, 0) is 68.0 Å². The van der Waals surface area contributed by atoms with Crippen molar-refractivity contribution in [1.29, 1.82) is 0 Å². The molecule has 1 saturated carbocycles. The van der Waals surface area contributed by atoms with Crippen molar-refractivity contribution in [3.05, 3.63) is 33.8 Å². The van der Waals surface area contributed by atoms with Crippen LogP contribution in [0.1, 0.15) is 50.5 Å². The predicted molar refractivity (Wildman–Crippen MR) is 84.3 cm³/mol. The van der Waals surface area contributed by atoms with Crippen molar-refractivity contribution >= 4 is 23.2 Å². The van der Waals surface area contributed by atoms with E-state index in [1.54, 1.807) is 0 Å². The maximum atomic E-state index is 6.38. The highest BCUT2D eigenvalue weighted by atomic mass is 35.5. The van der Waals surface area contributed by atoms with E-state index in [9.17, 15) is 0 Å². The average molecular weight is 300 g/mol. The maximum Gasteiger partial charge on any atom is 0.0441 e. The van der Waals surface area contributed by atoms with Gasteiger partial charge in [0.05, 0.1) is 0 Å². The second-order valence-electron chi connectivity index (χ2n) is 5.52. The zero-order valence-corrected chi connectivity index (χ0v) is 13.1. The molecule has 1 N–H and O–H groups in total. The largest absolute Gasteiger partial charge is 0.316 e. The molecule has 1 fully saturated rings. The lowest BCUT2D eigenvalue weighted by molar-refractivity contribution is 0.296. The third-order valence-electron chi connectivity index (χ3n) is 4.10. The minimum atomic E-state index is 0.560. The Hall–Kier alpha value is -0.240. The zero-order chi connectivity index (χ0) is 13.7. The summed E-state index contributed by atoms with van der Waals surface area (Å²) < 4.78 is 0. The maximum absolute atomic E-state index is 6.38. The van der Waals surface area contributed by atoms with Crippen molar-refractivity contribution in [3.8, 4) is 0 Å². The number of benzene rings is 1. The van der Waals surface area contributed by atoms with E-state index in [0.717, 1.165) is 23.1 Å². The summed E-state index contributed by atoms with van der Waals surface area (Å²) in [6.45, 7) is 4.41. The molecule has 3 heteroatoms. The Bertz CT molecular complexity index is 406. The molecule has 0 amide bonds. The Morgan fingerprint density at radius 3 is 2.79 bits per heavy atom. The van der Waals surface area contributed by atoms with E-state index in [0.29, 0.717) is 11.8 Å². The van der Waals surface area contributed by atoms with Crippen LogP contribution in [0.2, 0.25) is 10.0 Å². The summed E-state index contributed by atoms with van der Waals surface area (Å²) in [5.74, 6) is 1.25. The first-order valence-corrected chi connectivity index (χ1v) is 8.13. The van der Waals surface area contributed by atoms with Crippen LogP contribution in [0.3, 0.4) is 0 Å². The first-order valence-electron chi connectivity index (χ1n) is 7.38. The van der Waals surface area contributed by atoms with E-state index < -0.39 is 0 Å². The molecule has 1 aliphatic carbocycles. The van der Waals surface area contributed by atoms with Crippen LogP contribution in [0, 0.1) is 5.92 Å². The van der Waals surface area contributed by atoms with Gasteiger partial charge in [0.15, 0.2) is 0 Å². The number of nitrogens with one attached hydrogen (secondary N) is 1. The van der Waals surface area contributed by atoms with Gasteiger partial charge in [0.1, 0.15) is 0 Å². The van der Waals surface area contributed by atoms with E-state index in [-0.39, 0.29) is 0 Å². The van der Waals surface area contributed by atoms with Crippen LogP contribution in [-0.4, -0.2) is 13.1 Å². The van der Waals surface area contributed by atoms with Gasteiger partial charge in [0.2, 0.25) is 0 Å². The lowest BCUT2D eigenvalue weighted by atomic mass is 9.75. The predicted octanol–water partition coefficient (Wildman–Crippen LogP) is 5.27. The van der Waals surface area contributed by atoms with Crippen LogP contribution in [-0.2, 0) is 0 Å². The molecule has 0 bridgehead atoms. The van der Waals surface area contributed by atoms with Crippen molar-refractivity contribution in [3.63, 3.8) is 0 Å². The molecule has 0 heterocycles. The van der Waals surface area contributed by atoms with Gasteiger partial charge in [-0.15, -0.1) is 0 Å².